The molecule has 8 heterocycles. The van der Waals surface area contributed by atoms with Gasteiger partial charge < -0.3 is 4.90 Å². The van der Waals surface area contributed by atoms with E-state index in [1.165, 1.54) is 55.3 Å². The van der Waals surface area contributed by atoms with Gasteiger partial charge in [0.25, 0.3) is 0 Å². The standard InChI is InChI=1S/C62H42N8/c1-7-27-50-39(17-1)40-18-2-8-28-51(40)67(50)57-33-13-23-46(63-57)47-25-15-35-59(65-47)69-55-32-12-6-22-45(55)61-56(69)38-37-44-43-21-5-11-31-54(43)70(62(44)61)60-36-16-26-49(66-60)48-24-14-34-58(64-48)68-52-29-9-3-19-41(52)42-20-4-10-30-53(42)68/h1-3,5-19,21-38,61-62H,4,20H2. The molecule has 0 saturated heterocycles. The first-order chi connectivity index (χ1) is 34.7. The molecule has 15 rings (SSSR count). The summed E-state index contributed by atoms with van der Waals surface area (Å²) in [4.78, 5) is 26.4. The zero-order chi connectivity index (χ0) is 45.9. The maximum atomic E-state index is 5.50. The van der Waals surface area contributed by atoms with Gasteiger partial charge in [-0.3, -0.25) is 14.0 Å². The highest BCUT2D eigenvalue weighted by Crippen LogP contribution is 2.59. The smallest absolute Gasteiger partial charge is 0.138 e. The SMILES string of the molecule is C1=Cc2c(c3ccccc3n2-c2cccc(-c3cccc(N4c5ccccc5C5=CC=C6C(c7ccccc7N6c6cccc(-c7cccc(-n8c9ccccc9c9ccccc98)n7)n6)C54)n3)n2)CC1. The number of anilines is 4. The lowest BCUT2D eigenvalue weighted by atomic mass is 9.82. The molecule has 2 atom stereocenters. The minimum Gasteiger partial charge on any atom is -0.317 e. The molecule has 0 N–H and O–H groups in total. The number of para-hydroxylation sites is 5. The van der Waals surface area contributed by atoms with Gasteiger partial charge in [0.1, 0.15) is 23.3 Å². The Balaban J connectivity index is 0.814. The van der Waals surface area contributed by atoms with E-state index in [1.807, 2.05) is 0 Å². The molecular formula is C62H42N8. The minimum atomic E-state index is -0.0668. The summed E-state index contributed by atoms with van der Waals surface area (Å²) in [6.07, 6.45) is 11.2. The van der Waals surface area contributed by atoms with E-state index in [0.29, 0.717) is 0 Å². The summed E-state index contributed by atoms with van der Waals surface area (Å²) in [5.41, 5.74) is 16.5. The van der Waals surface area contributed by atoms with Crippen molar-refractivity contribution in [2.75, 3.05) is 9.80 Å². The molecule has 0 fully saturated rings. The molecule has 70 heavy (non-hydrogen) atoms. The second kappa shape index (κ2) is 15.2. The van der Waals surface area contributed by atoms with Crippen molar-refractivity contribution in [2.24, 2.45) is 0 Å². The van der Waals surface area contributed by atoms with E-state index in [2.05, 4.69) is 237 Å². The van der Waals surface area contributed by atoms with Crippen molar-refractivity contribution in [3.8, 4) is 34.4 Å². The van der Waals surface area contributed by atoms with Crippen molar-refractivity contribution in [3.05, 3.63) is 240 Å². The average Bonchev–Trinajstić information content (AvgIpc) is 4.16. The van der Waals surface area contributed by atoms with Crippen LogP contribution in [0.25, 0.3) is 78.8 Å². The molecule has 11 aromatic rings. The Kier molecular flexibility index (Phi) is 8.44. The van der Waals surface area contributed by atoms with Gasteiger partial charge >= 0.3 is 0 Å². The van der Waals surface area contributed by atoms with Crippen molar-refractivity contribution in [1.82, 2.24) is 29.1 Å². The molecule has 2 unspecified atom stereocenters. The highest BCUT2D eigenvalue weighted by molar-refractivity contribution is 6.09. The fourth-order valence-electron chi connectivity index (χ4n) is 11.9. The number of hydrogen-bond donors (Lipinski definition) is 0. The van der Waals surface area contributed by atoms with Gasteiger partial charge in [-0.1, -0.05) is 127 Å². The zero-order valence-corrected chi connectivity index (χ0v) is 37.9. The van der Waals surface area contributed by atoms with Crippen molar-refractivity contribution in [1.29, 1.82) is 0 Å². The first-order valence-corrected chi connectivity index (χ1v) is 24.1. The predicted octanol–water partition coefficient (Wildman–Crippen LogP) is 14.3. The monoisotopic (exact) mass is 898 g/mol. The molecule has 8 nitrogen and oxygen atoms in total. The van der Waals surface area contributed by atoms with Crippen LogP contribution in [0.2, 0.25) is 0 Å². The van der Waals surface area contributed by atoms with Crippen LogP contribution in [0.1, 0.15) is 34.7 Å². The Hall–Kier alpha value is -9.14. The third kappa shape index (κ3) is 5.70. The van der Waals surface area contributed by atoms with Crippen molar-refractivity contribution in [3.63, 3.8) is 0 Å². The molecule has 2 aliphatic heterocycles. The van der Waals surface area contributed by atoms with E-state index < -0.39 is 0 Å². The first kappa shape index (κ1) is 38.9. The van der Waals surface area contributed by atoms with Gasteiger partial charge in [-0.05, 0) is 121 Å². The maximum absolute atomic E-state index is 5.50. The second-order valence-corrected chi connectivity index (χ2v) is 18.5. The van der Waals surface area contributed by atoms with Crippen LogP contribution in [0.5, 0.6) is 0 Å². The van der Waals surface area contributed by atoms with Crippen LogP contribution in [0.15, 0.2) is 218 Å². The lowest BCUT2D eigenvalue weighted by Gasteiger charge is -2.35. The van der Waals surface area contributed by atoms with Crippen molar-refractivity contribution < 1.29 is 0 Å². The minimum absolute atomic E-state index is 0.0148. The summed E-state index contributed by atoms with van der Waals surface area (Å²) in [5.74, 6) is 3.45. The quantitative estimate of drug-likeness (QED) is 0.166. The number of nitrogens with zero attached hydrogens (tertiary/aromatic N) is 8. The number of allylic oxidation sites excluding steroid dienone is 3. The van der Waals surface area contributed by atoms with Gasteiger partial charge in [0, 0.05) is 27.4 Å². The normalized spacial score (nSPS) is 16.5. The molecule has 0 saturated carbocycles. The number of pyridine rings is 4. The molecule has 6 aromatic heterocycles. The fraction of sp³-hybridized carbons (Fsp3) is 0.0645. The molecule has 4 aliphatic rings. The Morgan fingerprint density at radius 1 is 0.429 bits per heavy atom. The summed E-state index contributed by atoms with van der Waals surface area (Å²) in [6.45, 7) is 0. The Bertz CT molecular complexity index is 4020. The van der Waals surface area contributed by atoms with Gasteiger partial charge in [-0.2, -0.15) is 0 Å². The molecule has 0 amide bonds. The molecule has 5 aromatic carbocycles. The fourth-order valence-corrected chi connectivity index (χ4v) is 11.9. The summed E-state index contributed by atoms with van der Waals surface area (Å²) in [5, 5.41) is 3.71. The highest BCUT2D eigenvalue weighted by atomic mass is 15.3. The molecule has 330 valence electrons. The maximum Gasteiger partial charge on any atom is 0.138 e. The van der Waals surface area contributed by atoms with Crippen LogP contribution in [0, 0.1) is 0 Å². The van der Waals surface area contributed by atoms with Gasteiger partial charge in [-0.15, -0.1) is 0 Å². The van der Waals surface area contributed by atoms with Gasteiger partial charge in [-0.25, -0.2) is 19.9 Å². The third-order valence-corrected chi connectivity index (χ3v) is 14.7. The first-order valence-electron chi connectivity index (χ1n) is 24.1. The zero-order valence-electron chi connectivity index (χ0n) is 37.9. The predicted molar refractivity (Wildman–Crippen MR) is 283 cm³/mol. The van der Waals surface area contributed by atoms with Crippen LogP contribution in [-0.4, -0.2) is 35.1 Å². The molecule has 0 radical (unpaired) electrons. The number of aryl methyl sites for hydroxylation is 1. The van der Waals surface area contributed by atoms with Crippen molar-refractivity contribution >= 4 is 67.4 Å². The van der Waals surface area contributed by atoms with Gasteiger partial charge in [0.05, 0.1) is 68.4 Å². The van der Waals surface area contributed by atoms with Gasteiger partial charge in [0.15, 0.2) is 0 Å². The van der Waals surface area contributed by atoms with E-state index in [-0.39, 0.29) is 12.0 Å². The van der Waals surface area contributed by atoms with Crippen LogP contribution in [0.3, 0.4) is 0 Å². The summed E-state index contributed by atoms with van der Waals surface area (Å²) in [6, 6.07) is 68.5. The van der Waals surface area contributed by atoms with Gasteiger partial charge in [0.2, 0.25) is 0 Å². The Morgan fingerprint density at radius 3 is 1.66 bits per heavy atom. The van der Waals surface area contributed by atoms with Crippen LogP contribution >= 0.6 is 0 Å². The average molecular weight is 899 g/mol. The molecule has 8 heteroatoms. The van der Waals surface area contributed by atoms with Crippen molar-refractivity contribution in [2.45, 2.75) is 24.8 Å². The summed E-state index contributed by atoms with van der Waals surface area (Å²) < 4.78 is 4.57. The van der Waals surface area contributed by atoms with E-state index >= 15 is 0 Å². The van der Waals surface area contributed by atoms with Crippen LogP contribution < -0.4 is 9.80 Å². The van der Waals surface area contributed by atoms with E-state index in [1.54, 1.807) is 0 Å². The number of rotatable bonds is 6. The topological polar surface area (TPSA) is 67.9 Å². The highest BCUT2D eigenvalue weighted by Gasteiger charge is 2.49. The lowest BCUT2D eigenvalue weighted by molar-refractivity contribution is 0.698. The number of aromatic nitrogens is 6. The summed E-state index contributed by atoms with van der Waals surface area (Å²) in [7, 11) is 0. The van der Waals surface area contributed by atoms with E-state index in [9.17, 15) is 0 Å². The molecular weight excluding hydrogens is 857 g/mol. The second-order valence-electron chi connectivity index (χ2n) is 18.5. The van der Waals surface area contributed by atoms with Crippen LogP contribution in [0.4, 0.5) is 23.0 Å². The molecule has 0 bridgehead atoms. The van der Waals surface area contributed by atoms with E-state index in [0.717, 1.165) is 81.3 Å². The number of fused-ring (bicyclic) bond motifs is 13. The summed E-state index contributed by atoms with van der Waals surface area (Å²) >= 11 is 0. The van der Waals surface area contributed by atoms with Crippen LogP contribution in [-0.2, 0) is 6.42 Å². The molecule has 2 aliphatic carbocycles. The lowest BCUT2D eigenvalue weighted by Crippen LogP contribution is -2.36. The number of hydrogen-bond acceptors (Lipinski definition) is 6. The largest absolute Gasteiger partial charge is 0.317 e. The third-order valence-electron chi connectivity index (χ3n) is 14.7. The number of benzene rings is 5. The Labute approximate surface area is 404 Å². The molecule has 0 spiro atoms. The van der Waals surface area contributed by atoms with E-state index in [4.69, 9.17) is 19.9 Å². The Morgan fingerprint density at radius 2 is 0.957 bits per heavy atom.